The molecular formula is C14H22ClNOS. The van der Waals surface area contributed by atoms with Crippen LogP contribution in [0.1, 0.15) is 42.7 Å². The molecule has 0 saturated carbocycles. The highest BCUT2D eigenvalue weighted by atomic mass is 35.5. The highest BCUT2D eigenvalue weighted by molar-refractivity contribution is 7.10. The third-order valence-corrected chi connectivity index (χ3v) is 5.43. The van der Waals surface area contributed by atoms with Gasteiger partial charge in [-0.15, -0.1) is 11.3 Å². The minimum absolute atomic E-state index is 0.407. The lowest BCUT2D eigenvalue weighted by molar-refractivity contribution is 0.0607. The van der Waals surface area contributed by atoms with Crippen LogP contribution in [0.5, 0.6) is 0 Å². The number of hydrogen-bond donors (Lipinski definition) is 1. The fourth-order valence-electron chi connectivity index (χ4n) is 2.53. The van der Waals surface area contributed by atoms with Gasteiger partial charge < -0.3 is 10.1 Å². The minimum Gasteiger partial charge on any atom is -0.381 e. The van der Waals surface area contributed by atoms with E-state index in [1.807, 2.05) is 0 Å². The first kappa shape index (κ1) is 14.3. The molecule has 0 amide bonds. The number of thiophene rings is 1. The molecule has 1 aliphatic heterocycles. The Morgan fingerprint density at radius 3 is 2.78 bits per heavy atom. The molecule has 18 heavy (non-hydrogen) atoms. The van der Waals surface area contributed by atoms with E-state index in [2.05, 4.69) is 24.5 Å². The maximum atomic E-state index is 6.40. The highest BCUT2D eigenvalue weighted by Gasteiger charge is 2.23. The highest BCUT2D eigenvalue weighted by Crippen LogP contribution is 2.36. The van der Waals surface area contributed by atoms with Gasteiger partial charge in [0.15, 0.2) is 0 Å². The molecule has 1 fully saturated rings. The molecule has 4 heteroatoms. The molecule has 1 atom stereocenters. The summed E-state index contributed by atoms with van der Waals surface area (Å²) in [4.78, 5) is 1.31. The van der Waals surface area contributed by atoms with Crippen LogP contribution in [0.2, 0.25) is 5.02 Å². The van der Waals surface area contributed by atoms with Crippen LogP contribution in [0.15, 0.2) is 5.38 Å². The summed E-state index contributed by atoms with van der Waals surface area (Å²) in [5, 5.41) is 6.70. The zero-order valence-electron chi connectivity index (χ0n) is 11.2. The van der Waals surface area contributed by atoms with Gasteiger partial charge in [-0.25, -0.2) is 0 Å². The first-order chi connectivity index (χ1) is 8.72. The normalized spacial score (nSPS) is 19.1. The predicted octanol–water partition coefficient (Wildman–Crippen LogP) is 4.18. The predicted molar refractivity (Wildman–Crippen MR) is 78.6 cm³/mol. The zero-order valence-corrected chi connectivity index (χ0v) is 12.7. The van der Waals surface area contributed by atoms with Gasteiger partial charge in [0.1, 0.15) is 0 Å². The second kappa shape index (κ2) is 6.90. The molecule has 1 aliphatic rings. The standard InChI is InChI=1S/C14H22ClNOS/c1-3-16-12(8-11-4-6-17-7-5-11)14-13(15)10(2)9-18-14/h9,11-12,16H,3-8H2,1-2H3. The van der Waals surface area contributed by atoms with E-state index in [0.717, 1.165) is 30.7 Å². The van der Waals surface area contributed by atoms with Crippen molar-refractivity contribution in [2.24, 2.45) is 5.92 Å². The molecule has 1 aromatic heterocycles. The molecule has 0 bridgehead atoms. The van der Waals surface area contributed by atoms with Crippen LogP contribution in [0.25, 0.3) is 0 Å². The maximum Gasteiger partial charge on any atom is 0.0590 e. The fourth-order valence-corrected chi connectivity index (χ4v) is 3.94. The SMILES string of the molecule is CCNC(CC1CCOCC1)c1scc(C)c1Cl. The zero-order chi connectivity index (χ0) is 13.0. The molecule has 0 aromatic carbocycles. The molecular weight excluding hydrogens is 266 g/mol. The Morgan fingerprint density at radius 2 is 2.22 bits per heavy atom. The van der Waals surface area contributed by atoms with E-state index in [9.17, 15) is 0 Å². The molecule has 0 aliphatic carbocycles. The van der Waals surface area contributed by atoms with E-state index < -0.39 is 0 Å². The van der Waals surface area contributed by atoms with Crippen LogP contribution in [0.4, 0.5) is 0 Å². The molecule has 2 rings (SSSR count). The van der Waals surface area contributed by atoms with Crippen LogP contribution >= 0.6 is 22.9 Å². The van der Waals surface area contributed by atoms with Gasteiger partial charge >= 0.3 is 0 Å². The molecule has 1 N–H and O–H groups in total. The van der Waals surface area contributed by atoms with E-state index >= 15 is 0 Å². The van der Waals surface area contributed by atoms with Crippen molar-refractivity contribution in [2.75, 3.05) is 19.8 Å². The summed E-state index contributed by atoms with van der Waals surface area (Å²) in [6.07, 6.45) is 3.55. The number of nitrogens with one attached hydrogen (secondary N) is 1. The third kappa shape index (κ3) is 3.47. The second-order valence-electron chi connectivity index (χ2n) is 5.00. The van der Waals surface area contributed by atoms with Crippen LogP contribution in [0.3, 0.4) is 0 Å². The molecule has 1 unspecified atom stereocenters. The van der Waals surface area contributed by atoms with Gasteiger partial charge in [-0.3, -0.25) is 0 Å². The summed E-state index contributed by atoms with van der Waals surface area (Å²) in [7, 11) is 0. The van der Waals surface area contributed by atoms with Crippen LogP contribution in [-0.4, -0.2) is 19.8 Å². The monoisotopic (exact) mass is 287 g/mol. The Kier molecular flexibility index (Phi) is 5.49. The lowest BCUT2D eigenvalue weighted by Crippen LogP contribution is -2.25. The lowest BCUT2D eigenvalue weighted by Gasteiger charge is -2.27. The van der Waals surface area contributed by atoms with Crippen LogP contribution < -0.4 is 5.32 Å². The van der Waals surface area contributed by atoms with E-state index in [1.54, 1.807) is 11.3 Å². The summed E-state index contributed by atoms with van der Waals surface area (Å²) in [6.45, 7) is 7.06. The number of rotatable bonds is 5. The van der Waals surface area contributed by atoms with Crippen molar-refractivity contribution in [3.05, 3.63) is 20.8 Å². The van der Waals surface area contributed by atoms with Gasteiger partial charge in [0.2, 0.25) is 0 Å². The molecule has 1 aromatic rings. The van der Waals surface area contributed by atoms with Crippen molar-refractivity contribution in [3.63, 3.8) is 0 Å². The Bertz CT molecular complexity index is 374. The van der Waals surface area contributed by atoms with E-state index in [1.165, 1.54) is 29.7 Å². The van der Waals surface area contributed by atoms with Crippen molar-refractivity contribution in [1.82, 2.24) is 5.32 Å². The van der Waals surface area contributed by atoms with Gasteiger partial charge in [0.25, 0.3) is 0 Å². The van der Waals surface area contributed by atoms with Gasteiger partial charge in [-0.05, 0) is 49.6 Å². The molecule has 0 radical (unpaired) electrons. The molecule has 102 valence electrons. The number of aryl methyl sites for hydroxylation is 1. The number of hydrogen-bond acceptors (Lipinski definition) is 3. The Hall–Kier alpha value is -0.0900. The van der Waals surface area contributed by atoms with Crippen LogP contribution in [0, 0.1) is 12.8 Å². The van der Waals surface area contributed by atoms with Crippen LogP contribution in [-0.2, 0) is 4.74 Å². The van der Waals surface area contributed by atoms with Crippen molar-refractivity contribution in [1.29, 1.82) is 0 Å². The van der Waals surface area contributed by atoms with Crippen molar-refractivity contribution < 1.29 is 4.74 Å². The fraction of sp³-hybridized carbons (Fsp3) is 0.714. The van der Waals surface area contributed by atoms with E-state index in [0.29, 0.717) is 6.04 Å². The maximum absolute atomic E-state index is 6.40. The van der Waals surface area contributed by atoms with Gasteiger partial charge in [0, 0.05) is 24.1 Å². The van der Waals surface area contributed by atoms with E-state index in [-0.39, 0.29) is 0 Å². The van der Waals surface area contributed by atoms with E-state index in [4.69, 9.17) is 16.3 Å². The van der Waals surface area contributed by atoms with Gasteiger partial charge in [0.05, 0.1) is 5.02 Å². The summed E-state index contributed by atoms with van der Waals surface area (Å²) < 4.78 is 5.43. The summed E-state index contributed by atoms with van der Waals surface area (Å²) in [6, 6.07) is 0.407. The molecule has 1 saturated heterocycles. The van der Waals surface area contributed by atoms with Crippen molar-refractivity contribution >= 4 is 22.9 Å². The smallest absolute Gasteiger partial charge is 0.0590 e. The second-order valence-corrected chi connectivity index (χ2v) is 6.29. The van der Waals surface area contributed by atoms with Crippen molar-refractivity contribution in [3.8, 4) is 0 Å². The Morgan fingerprint density at radius 1 is 1.50 bits per heavy atom. The Labute approximate surface area is 119 Å². The molecule has 2 heterocycles. The summed E-state index contributed by atoms with van der Waals surface area (Å²) >= 11 is 8.19. The average Bonchev–Trinajstić information content (AvgIpc) is 2.71. The van der Waals surface area contributed by atoms with Gasteiger partial charge in [-0.2, -0.15) is 0 Å². The quantitative estimate of drug-likeness (QED) is 0.877. The third-order valence-electron chi connectivity index (χ3n) is 3.60. The summed E-state index contributed by atoms with van der Waals surface area (Å²) in [5.41, 5.74) is 1.20. The first-order valence-corrected chi connectivity index (χ1v) is 8.02. The number of ether oxygens (including phenoxy) is 1. The topological polar surface area (TPSA) is 21.3 Å². The molecule has 2 nitrogen and oxygen atoms in total. The number of halogens is 1. The lowest BCUT2D eigenvalue weighted by atomic mass is 9.92. The van der Waals surface area contributed by atoms with Crippen molar-refractivity contribution in [2.45, 2.75) is 39.2 Å². The first-order valence-electron chi connectivity index (χ1n) is 6.77. The summed E-state index contributed by atoms with van der Waals surface area (Å²) in [5.74, 6) is 0.765. The largest absolute Gasteiger partial charge is 0.381 e. The van der Waals surface area contributed by atoms with Gasteiger partial charge in [-0.1, -0.05) is 18.5 Å². The average molecular weight is 288 g/mol. The minimum atomic E-state index is 0.407. The Balaban J connectivity index is 2.05. The molecule has 0 spiro atoms.